The van der Waals surface area contributed by atoms with Gasteiger partial charge in [-0.2, -0.15) is 5.10 Å². The Morgan fingerprint density at radius 1 is 1.16 bits per heavy atom. The number of hydrogen-bond donors (Lipinski definition) is 1. The molecule has 0 bridgehead atoms. The number of fused-ring (bicyclic) bond motifs is 1. The number of nitrogen functional groups attached to an aromatic ring is 1. The van der Waals surface area contributed by atoms with Crippen LogP contribution in [0.15, 0.2) is 67.5 Å². The van der Waals surface area contributed by atoms with E-state index in [0.29, 0.717) is 59.1 Å². The number of amides is 1. The molecular formula is C28H27ClN6O2. The third-order valence-electron chi connectivity index (χ3n) is 6.76. The maximum atomic E-state index is 12.6. The number of aryl methyl sites for hydroxylation is 1. The maximum Gasteiger partial charge on any atom is 0.246 e. The topological polar surface area (TPSA) is 107 Å². The Kier molecular flexibility index (Phi) is 7.01. The van der Waals surface area contributed by atoms with Gasteiger partial charge in [0.05, 0.1) is 11.4 Å². The van der Waals surface area contributed by atoms with E-state index in [0.717, 1.165) is 24.0 Å². The van der Waals surface area contributed by atoms with Gasteiger partial charge >= 0.3 is 0 Å². The highest BCUT2D eigenvalue weighted by atomic mass is 35.5. The minimum Gasteiger partial charge on any atom is -0.383 e. The van der Waals surface area contributed by atoms with Crippen LogP contribution in [0, 0.1) is 0 Å². The standard InChI is InChI=1S/C28H27ClN6O2/c1-2-24(37)34-14-4-7-22(16-34)35-28-25(27(30)31-17-32-28)26(33-35)19-11-8-18(9-12-19)10-13-23(36)20-5-3-6-21(29)15-20/h2-3,5-6,8-9,11-12,15,17,22H,1,4,7,10,13-14,16H2,(H2,30,31,32)/t22-/m1/s1. The van der Waals surface area contributed by atoms with Crippen LogP contribution in [0.2, 0.25) is 5.02 Å². The predicted molar refractivity (Wildman–Crippen MR) is 144 cm³/mol. The molecule has 0 unspecified atom stereocenters. The van der Waals surface area contributed by atoms with Crippen molar-refractivity contribution in [3.63, 3.8) is 0 Å². The molecule has 9 heteroatoms. The molecule has 0 saturated carbocycles. The van der Waals surface area contributed by atoms with Gasteiger partial charge in [-0.05, 0) is 43.0 Å². The number of aromatic nitrogens is 4. The number of likely N-dealkylation sites (tertiary alicyclic amines) is 1. The fourth-order valence-corrected chi connectivity index (χ4v) is 5.02. The molecule has 2 aromatic carbocycles. The average molecular weight is 515 g/mol. The molecule has 0 spiro atoms. The predicted octanol–water partition coefficient (Wildman–Crippen LogP) is 4.89. The summed E-state index contributed by atoms with van der Waals surface area (Å²) in [5.41, 5.74) is 10.2. The SMILES string of the molecule is C=CC(=O)N1CCC[C@@H](n2nc(-c3ccc(CCC(=O)c4cccc(Cl)c4)cc3)c3c(N)ncnc32)C1. The van der Waals surface area contributed by atoms with Crippen molar-refractivity contribution in [1.29, 1.82) is 0 Å². The van der Waals surface area contributed by atoms with E-state index in [1.54, 1.807) is 29.2 Å². The molecule has 0 aliphatic carbocycles. The Hall–Kier alpha value is -4.04. The Labute approximate surface area is 219 Å². The molecule has 5 rings (SSSR count). The van der Waals surface area contributed by atoms with Gasteiger partial charge in [0.25, 0.3) is 0 Å². The maximum absolute atomic E-state index is 12.6. The molecule has 188 valence electrons. The van der Waals surface area contributed by atoms with Gasteiger partial charge in [-0.3, -0.25) is 9.59 Å². The first-order valence-electron chi connectivity index (χ1n) is 12.2. The Morgan fingerprint density at radius 2 is 1.97 bits per heavy atom. The second-order valence-corrected chi connectivity index (χ2v) is 9.60. The first-order chi connectivity index (χ1) is 17.9. The first-order valence-corrected chi connectivity index (χ1v) is 12.6. The zero-order chi connectivity index (χ0) is 25.9. The lowest BCUT2D eigenvalue weighted by atomic mass is 10.0. The molecular weight excluding hydrogens is 488 g/mol. The van der Waals surface area contributed by atoms with Crippen LogP contribution in [0.3, 0.4) is 0 Å². The molecule has 3 heterocycles. The van der Waals surface area contributed by atoms with Crippen LogP contribution in [-0.2, 0) is 11.2 Å². The second-order valence-electron chi connectivity index (χ2n) is 9.17. The number of halogens is 1. The van der Waals surface area contributed by atoms with Gasteiger partial charge in [-0.1, -0.05) is 54.6 Å². The summed E-state index contributed by atoms with van der Waals surface area (Å²) in [7, 11) is 0. The smallest absolute Gasteiger partial charge is 0.246 e. The van der Waals surface area contributed by atoms with Crippen LogP contribution in [0.1, 0.15) is 41.2 Å². The normalized spacial score (nSPS) is 15.6. The fraction of sp³-hybridized carbons (Fsp3) is 0.250. The third-order valence-corrected chi connectivity index (χ3v) is 7.00. The number of nitrogens with two attached hydrogens (primary N) is 1. The third kappa shape index (κ3) is 5.11. The number of benzene rings is 2. The van der Waals surface area contributed by atoms with E-state index >= 15 is 0 Å². The zero-order valence-corrected chi connectivity index (χ0v) is 21.1. The first kappa shape index (κ1) is 24.6. The Morgan fingerprint density at radius 3 is 2.73 bits per heavy atom. The van der Waals surface area contributed by atoms with Gasteiger partial charge in [-0.15, -0.1) is 0 Å². The molecule has 1 atom stereocenters. The average Bonchev–Trinajstić information content (AvgIpc) is 3.32. The van der Waals surface area contributed by atoms with Crippen molar-refractivity contribution in [2.24, 2.45) is 0 Å². The zero-order valence-electron chi connectivity index (χ0n) is 20.3. The van der Waals surface area contributed by atoms with Crippen molar-refractivity contribution in [3.05, 3.63) is 83.7 Å². The van der Waals surface area contributed by atoms with Crippen molar-refractivity contribution in [2.45, 2.75) is 31.7 Å². The van der Waals surface area contributed by atoms with E-state index in [1.807, 2.05) is 28.9 Å². The molecule has 2 aromatic heterocycles. The highest BCUT2D eigenvalue weighted by Gasteiger charge is 2.28. The quantitative estimate of drug-likeness (QED) is 0.278. The number of Topliss-reactive ketones (excluding diaryl/α,β-unsaturated/α-hetero) is 1. The van der Waals surface area contributed by atoms with Crippen molar-refractivity contribution in [2.75, 3.05) is 18.8 Å². The molecule has 1 aliphatic heterocycles. The molecule has 2 N–H and O–H groups in total. The molecule has 0 radical (unpaired) electrons. The van der Waals surface area contributed by atoms with E-state index in [1.165, 1.54) is 12.4 Å². The van der Waals surface area contributed by atoms with Crippen LogP contribution in [0.5, 0.6) is 0 Å². The summed E-state index contributed by atoms with van der Waals surface area (Å²) in [5, 5.41) is 6.17. The van der Waals surface area contributed by atoms with Gasteiger partial charge < -0.3 is 10.6 Å². The van der Waals surface area contributed by atoms with Gasteiger partial charge in [0.1, 0.15) is 17.8 Å². The van der Waals surface area contributed by atoms with Crippen LogP contribution in [0.4, 0.5) is 5.82 Å². The summed E-state index contributed by atoms with van der Waals surface area (Å²) >= 11 is 6.01. The summed E-state index contributed by atoms with van der Waals surface area (Å²) in [6, 6.07) is 14.9. The fourth-order valence-electron chi connectivity index (χ4n) is 4.83. The van der Waals surface area contributed by atoms with E-state index in [-0.39, 0.29) is 17.7 Å². The van der Waals surface area contributed by atoms with E-state index in [2.05, 4.69) is 16.5 Å². The molecule has 1 saturated heterocycles. The molecule has 37 heavy (non-hydrogen) atoms. The van der Waals surface area contributed by atoms with Crippen LogP contribution in [-0.4, -0.2) is 49.4 Å². The number of rotatable bonds is 7. The summed E-state index contributed by atoms with van der Waals surface area (Å²) in [4.78, 5) is 35.2. The van der Waals surface area contributed by atoms with Crippen molar-refractivity contribution in [1.82, 2.24) is 24.6 Å². The van der Waals surface area contributed by atoms with Gasteiger partial charge in [0.2, 0.25) is 5.91 Å². The largest absolute Gasteiger partial charge is 0.383 e. The summed E-state index contributed by atoms with van der Waals surface area (Å²) in [5.74, 6) is 0.329. The number of carbonyl (C=O) groups is 2. The number of carbonyl (C=O) groups excluding carboxylic acids is 2. The lowest BCUT2D eigenvalue weighted by molar-refractivity contribution is -0.127. The van der Waals surface area contributed by atoms with Gasteiger partial charge in [-0.25, -0.2) is 14.6 Å². The number of nitrogens with zero attached hydrogens (tertiary/aromatic N) is 5. The second kappa shape index (κ2) is 10.5. The van der Waals surface area contributed by atoms with Gasteiger partial charge in [0.15, 0.2) is 11.4 Å². The highest BCUT2D eigenvalue weighted by Crippen LogP contribution is 2.34. The van der Waals surface area contributed by atoms with Crippen LogP contribution >= 0.6 is 11.6 Å². The van der Waals surface area contributed by atoms with E-state index in [4.69, 9.17) is 22.4 Å². The molecule has 1 fully saturated rings. The molecule has 1 amide bonds. The Balaban J connectivity index is 1.39. The van der Waals surface area contributed by atoms with Crippen molar-refractivity contribution >= 4 is 40.1 Å². The van der Waals surface area contributed by atoms with Crippen molar-refractivity contribution in [3.8, 4) is 11.3 Å². The number of piperidine rings is 1. The Bertz CT molecular complexity index is 1480. The summed E-state index contributed by atoms with van der Waals surface area (Å²) in [6.45, 7) is 4.85. The van der Waals surface area contributed by atoms with E-state index in [9.17, 15) is 9.59 Å². The number of hydrogen-bond acceptors (Lipinski definition) is 6. The minimum absolute atomic E-state index is 0.0278. The number of ketones is 1. The van der Waals surface area contributed by atoms with E-state index < -0.39 is 0 Å². The molecule has 8 nitrogen and oxygen atoms in total. The number of anilines is 1. The van der Waals surface area contributed by atoms with Crippen molar-refractivity contribution < 1.29 is 9.59 Å². The lowest BCUT2D eigenvalue weighted by Crippen LogP contribution is -2.40. The molecule has 1 aliphatic rings. The van der Waals surface area contributed by atoms with Crippen LogP contribution < -0.4 is 5.73 Å². The summed E-state index contributed by atoms with van der Waals surface area (Å²) < 4.78 is 1.88. The lowest BCUT2D eigenvalue weighted by Gasteiger charge is -2.32. The monoisotopic (exact) mass is 514 g/mol. The molecule has 4 aromatic rings. The van der Waals surface area contributed by atoms with Gasteiger partial charge in [0, 0.05) is 35.7 Å². The highest BCUT2D eigenvalue weighted by molar-refractivity contribution is 6.31. The van der Waals surface area contributed by atoms with Crippen LogP contribution in [0.25, 0.3) is 22.3 Å². The summed E-state index contributed by atoms with van der Waals surface area (Å²) in [6.07, 6.45) is 5.53. The minimum atomic E-state index is -0.0834.